The van der Waals surface area contributed by atoms with E-state index in [1.54, 1.807) is 7.11 Å². The zero-order chi connectivity index (χ0) is 17.2. The zero-order valence-corrected chi connectivity index (χ0v) is 14.6. The van der Waals surface area contributed by atoms with Gasteiger partial charge in [0.15, 0.2) is 0 Å². The number of hydrogen-bond acceptors (Lipinski definition) is 6. The van der Waals surface area contributed by atoms with Crippen molar-refractivity contribution in [3.05, 3.63) is 36.0 Å². The minimum atomic E-state index is 0.550. The van der Waals surface area contributed by atoms with Crippen molar-refractivity contribution >= 4 is 11.8 Å². The lowest BCUT2D eigenvalue weighted by Crippen LogP contribution is -2.14. The van der Waals surface area contributed by atoms with Crippen LogP contribution < -0.4 is 20.1 Å². The van der Waals surface area contributed by atoms with Crippen molar-refractivity contribution in [2.45, 2.75) is 26.7 Å². The first-order valence-corrected chi connectivity index (χ1v) is 8.31. The number of hydrogen-bond donors (Lipinski definition) is 2. The van der Waals surface area contributed by atoms with Crippen molar-refractivity contribution in [1.82, 2.24) is 9.97 Å². The number of nitrogens with one attached hydrogen (secondary N) is 2. The molecule has 0 spiro atoms. The van der Waals surface area contributed by atoms with Crippen LogP contribution in [0.2, 0.25) is 0 Å². The van der Waals surface area contributed by atoms with Gasteiger partial charge in [0.1, 0.15) is 23.9 Å². The summed E-state index contributed by atoms with van der Waals surface area (Å²) in [5.41, 5.74) is 0.933. The molecule has 0 atom stereocenters. The Kier molecular flexibility index (Phi) is 7.14. The molecule has 2 aromatic rings. The number of methoxy groups -OCH3 is 1. The highest BCUT2D eigenvalue weighted by Gasteiger charge is 2.02. The number of ether oxygens (including phenoxy) is 2. The topological polar surface area (TPSA) is 68.3 Å². The predicted octanol–water partition coefficient (Wildman–Crippen LogP) is 3.50. The van der Waals surface area contributed by atoms with Crippen LogP contribution >= 0.6 is 0 Å². The van der Waals surface area contributed by atoms with E-state index in [9.17, 15) is 0 Å². The molecule has 0 bridgehead atoms. The molecule has 0 amide bonds. The third-order valence-electron chi connectivity index (χ3n) is 3.40. The van der Waals surface area contributed by atoms with Crippen LogP contribution in [0.1, 0.15) is 25.5 Å². The summed E-state index contributed by atoms with van der Waals surface area (Å²) in [5.74, 6) is 3.11. The zero-order valence-electron chi connectivity index (χ0n) is 14.6. The second-order valence-electron chi connectivity index (χ2n) is 5.45. The van der Waals surface area contributed by atoms with Crippen LogP contribution in [-0.2, 0) is 0 Å². The van der Waals surface area contributed by atoms with Gasteiger partial charge in [-0.2, -0.15) is 4.98 Å². The molecule has 130 valence electrons. The number of benzene rings is 1. The van der Waals surface area contributed by atoms with Gasteiger partial charge in [-0.15, -0.1) is 0 Å². The summed E-state index contributed by atoms with van der Waals surface area (Å²) in [4.78, 5) is 8.86. The van der Waals surface area contributed by atoms with Gasteiger partial charge in [-0.25, -0.2) is 4.98 Å². The Balaban J connectivity index is 1.78. The van der Waals surface area contributed by atoms with E-state index >= 15 is 0 Å². The van der Waals surface area contributed by atoms with Crippen LogP contribution in [-0.4, -0.2) is 36.8 Å². The Labute approximate surface area is 143 Å². The van der Waals surface area contributed by atoms with Gasteiger partial charge in [-0.1, -0.05) is 13.3 Å². The molecule has 0 aliphatic rings. The summed E-state index contributed by atoms with van der Waals surface area (Å²) in [6.45, 7) is 6.23. The molecule has 1 aromatic carbocycles. The molecule has 1 heterocycles. The average molecular weight is 330 g/mol. The van der Waals surface area contributed by atoms with Crippen molar-refractivity contribution in [3.8, 4) is 11.5 Å². The van der Waals surface area contributed by atoms with Crippen molar-refractivity contribution in [2.75, 3.05) is 37.4 Å². The van der Waals surface area contributed by atoms with E-state index in [-0.39, 0.29) is 0 Å². The minimum Gasteiger partial charge on any atom is -0.497 e. The van der Waals surface area contributed by atoms with Gasteiger partial charge in [0.05, 0.1) is 13.7 Å². The van der Waals surface area contributed by atoms with Crippen LogP contribution in [0.3, 0.4) is 0 Å². The van der Waals surface area contributed by atoms with Crippen molar-refractivity contribution in [2.24, 2.45) is 0 Å². The first-order chi connectivity index (χ1) is 11.7. The maximum absolute atomic E-state index is 5.69. The van der Waals surface area contributed by atoms with E-state index in [0.29, 0.717) is 19.1 Å². The SMILES string of the molecule is CCCCNc1nc(C)cc(NCCOc2ccc(OC)cc2)n1. The maximum atomic E-state index is 5.69. The molecule has 6 heteroatoms. The fourth-order valence-corrected chi connectivity index (χ4v) is 2.14. The van der Waals surface area contributed by atoms with E-state index in [1.807, 2.05) is 37.3 Å². The Morgan fingerprint density at radius 3 is 2.46 bits per heavy atom. The van der Waals surface area contributed by atoms with Gasteiger partial charge in [0, 0.05) is 18.3 Å². The summed E-state index contributed by atoms with van der Waals surface area (Å²) >= 11 is 0. The Morgan fingerprint density at radius 1 is 1.00 bits per heavy atom. The molecule has 2 N–H and O–H groups in total. The third-order valence-corrected chi connectivity index (χ3v) is 3.40. The first kappa shape index (κ1) is 17.8. The lowest BCUT2D eigenvalue weighted by atomic mass is 10.3. The van der Waals surface area contributed by atoms with Crippen LogP contribution in [0.15, 0.2) is 30.3 Å². The largest absolute Gasteiger partial charge is 0.497 e. The van der Waals surface area contributed by atoms with Crippen molar-refractivity contribution in [1.29, 1.82) is 0 Å². The fraction of sp³-hybridized carbons (Fsp3) is 0.444. The third kappa shape index (κ3) is 5.95. The van der Waals surface area contributed by atoms with E-state index in [1.165, 1.54) is 0 Å². The summed E-state index contributed by atoms with van der Waals surface area (Å²) in [7, 11) is 1.65. The molecule has 24 heavy (non-hydrogen) atoms. The molecule has 0 aliphatic carbocycles. The minimum absolute atomic E-state index is 0.550. The highest BCUT2D eigenvalue weighted by molar-refractivity contribution is 5.42. The summed E-state index contributed by atoms with van der Waals surface area (Å²) in [6, 6.07) is 9.47. The van der Waals surface area contributed by atoms with E-state index in [2.05, 4.69) is 27.5 Å². The monoisotopic (exact) mass is 330 g/mol. The van der Waals surface area contributed by atoms with Crippen LogP contribution in [0.25, 0.3) is 0 Å². The number of anilines is 2. The van der Waals surface area contributed by atoms with Crippen LogP contribution in [0.5, 0.6) is 11.5 Å². The second kappa shape index (κ2) is 9.60. The molecule has 1 aromatic heterocycles. The lowest BCUT2D eigenvalue weighted by Gasteiger charge is -2.11. The Hall–Kier alpha value is -2.50. The molecule has 0 aliphatic heterocycles. The quantitative estimate of drug-likeness (QED) is 0.650. The number of nitrogens with zero attached hydrogens (tertiary/aromatic N) is 2. The molecule has 0 fully saturated rings. The number of unbranched alkanes of at least 4 members (excludes halogenated alkanes) is 1. The summed E-state index contributed by atoms with van der Waals surface area (Å²) < 4.78 is 10.8. The highest BCUT2D eigenvalue weighted by Crippen LogP contribution is 2.17. The molecular weight excluding hydrogens is 304 g/mol. The van der Waals surface area contributed by atoms with Crippen molar-refractivity contribution < 1.29 is 9.47 Å². The molecular formula is C18H26N4O2. The predicted molar refractivity (Wildman–Crippen MR) is 97.1 cm³/mol. The van der Waals surface area contributed by atoms with E-state index in [4.69, 9.17) is 9.47 Å². The van der Waals surface area contributed by atoms with Gasteiger partial charge >= 0.3 is 0 Å². The molecule has 2 rings (SSSR count). The van der Waals surface area contributed by atoms with Crippen molar-refractivity contribution in [3.63, 3.8) is 0 Å². The second-order valence-corrected chi connectivity index (χ2v) is 5.45. The standard InChI is InChI=1S/C18H26N4O2/c1-4-5-10-20-18-21-14(2)13-17(22-18)19-11-12-24-16-8-6-15(23-3)7-9-16/h6-9,13H,4-5,10-12H2,1-3H3,(H2,19,20,21,22). The average Bonchev–Trinajstić information content (AvgIpc) is 2.59. The van der Waals surface area contributed by atoms with Gasteiger partial charge in [-0.3, -0.25) is 0 Å². The Bertz CT molecular complexity index is 617. The van der Waals surface area contributed by atoms with E-state index < -0.39 is 0 Å². The summed E-state index contributed by atoms with van der Waals surface area (Å²) in [5, 5.41) is 6.52. The lowest BCUT2D eigenvalue weighted by molar-refractivity contribution is 0.331. The van der Waals surface area contributed by atoms with Crippen LogP contribution in [0.4, 0.5) is 11.8 Å². The number of aromatic nitrogens is 2. The molecule has 0 radical (unpaired) electrons. The normalized spacial score (nSPS) is 10.3. The fourth-order valence-electron chi connectivity index (χ4n) is 2.14. The molecule has 0 unspecified atom stereocenters. The van der Waals surface area contributed by atoms with Crippen LogP contribution in [0, 0.1) is 6.92 Å². The first-order valence-electron chi connectivity index (χ1n) is 8.31. The maximum Gasteiger partial charge on any atom is 0.224 e. The highest BCUT2D eigenvalue weighted by atomic mass is 16.5. The van der Waals surface area contributed by atoms with Gasteiger partial charge in [-0.05, 0) is 37.6 Å². The number of aryl methyl sites for hydroxylation is 1. The van der Waals surface area contributed by atoms with Gasteiger partial charge in [0.25, 0.3) is 0 Å². The molecule has 6 nitrogen and oxygen atoms in total. The molecule has 0 saturated carbocycles. The van der Waals surface area contributed by atoms with Gasteiger partial charge in [0.2, 0.25) is 5.95 Å². The number of rotatable bonds is 10. The van der Waals surface area contributed by atoms with Gasteiger partial charge < -0.3 is 20.1 Å². The Morgan fingerprint density at radius 2 is 1.75 bits per heavy atom. The van der Waals surface area contributed by atoms with E-state index in [0.717, 1.165) is 42.4 Å². The molecule has 0 saturated heterocycles. The smallest absolute Gasteiger partial charge is 0.224 e. The summed E-state index contributed by atoms with van der Waals surface area (Å²) in [6.07, 6.45) is 2.25.